The molecule has 2 amide bonds. The van der Waals surface area contributed by atoms with Gasteiger partial charge in [0.25, 0.3) is 5.56 Å². The molecule has 0 bridgehead atoms. The summed E-state index contributed by atoms with van der Waals surface area (Å²) in [5.41, 5.74) is 0.833. The van der Waals surface area contributed by atoms with Gasteiger partial charge in [-0.05, 0) is 48.0 Å². The molecule has 0 aliphatic carbocycles. The average Bonchev–Trinajstić information content (AvgIpc) is 2.78. The van der Waals surface area contributed by atoms with E-state index in [4.69, 9.17) is 11.6 Å². The average molecular weight is 528 g/mol. The number of aromatic nitrogens is 2. The second kappa shape index (κ2) is 12.0. The molecule has 0 spiro atoms. The Hall–Kier alpha value is -3.22. The van der Waals surface area contributed by atoms with Gasteiger partial charge in [0.05, 0.1) is 11.3 Å². The molecular formula is C22H21ClF3N5O3S. The molecule has 0 saturated carbocycles. The van der Waals surface area contributed by atoms with E-state index in [1.165, 1.54) is 24.4 Å². The summed E-state index contributed by atoms with van der Waals surface area (Å²) in [6, 6.07) is 9.24. The molecule has 35 heavy (non-hydrogen) atoms. The minimum atomic E-state index is -4.93. The second-order valence-corrected chi connectivity index (χ2v) is 8.01. The van der Waals surface area contributed by atoms with Gasteiger partial charge in [0, 0.05) is 17.8 Å². The van der Waals surface area contributed by atoms with Crippen molar-refractivity contribution in [1.29, 1.82) is 0 Å². The van der Waals surface area contributed by atoms with Crippen LogP contribution in [0, 0.1) is 0 Å². The van der Waals surface area contributed by atoms with E-state index in [0.717, 1.165) is 30.3 Å². The smallest absolute Gasteiger partial charge is 0.404 e. The highest BCUT2D eigenvalue weighted by Gasteiger charge is 2.32. The number of nitrogens with one attached hydrogen (secondary N) is 4. The number of rotatable bonds is 9. The maximum Gasteiger partial charge on any atom is 0.573 e. The quantitative estimate of drug-likeness (QED) is 0.198. The molecular weight excluding hydrogens is 507 g/mol. The van der Waals surface area contributed by atoms with Gasteiger partial charge in [0.15, 0.2) is 5.75 Å². The molecule has 13 heteroatoms. The molecule has 2 aromatic carbocycles. The van der Waals surface area contributed by atoms with Gasteiger partial charge in [-0.3, -0.25) is 15.1 Å². The van der Waals surface area contributed by atoms with Crippen LogP contribution in [0.5, 0.6) is 5.75 Å². The van der Waals surface area contributed by atoms with E-state index in [9.17, 15) is 22.8 Å². The number of anilines is 2. The van der Waals surface area contributed by atoms with Gasteiger partial charge in [-0.1, -0.05) is 35.9 Å². The van der Waals surface area contributed by atoms with Crippen LogP contribution < -0.4 is 26.2 Å². The number of H-pyrrole nitrogens is 1. The van der Waals surface area contributed by atoms with Gasteiger partial charge in [-0.2, -0.15) is 12.6 Å². The molecule has 0 aliphatic heterocycles. The molecule has 0 unspecified atom stereocenters. The van der Waals surface area contributed by atoms with Gasteiger partial charge in [-0.15, -0.1) is 13.2 Å². The van der Waals surface area contributed by atoms with Crippen LogP contribution in [-0.4, -0.2) is 34.7 Å². The lowest BCUT2D eigenvalue weighted by molar-refractivity contribution is -0.274. The molecule has 0 aliphatic rings. The number of hydrogen-bond donors (Lipinski definition) is 5. The monoisotopic (exact) mass is 527 g/mol. The van der Waals surface area contributed by atoms with Crippen molar-refractivity contribution in [3.8, 4) is 16.9 Å². The van der Waals surface area contributed by atoms with Gasteiger partial charge in [-0.25, -0.2) is 9.78 Å². The largest absolute Gasteiger partial charge is 0.573 e. The van der Waals surface area contributed by atoms with E-state index in [2.05, 4.69) is 43.3 Å². The first-order valence-electron chi connectivity index (χ1n) is 10.3. The molecule has 3 rings (SSSR count). The summed E-state index contributed by atoms with van der Waals surface area (Å²) in [6.07, 6.45) is -2.75. The number of aromatic amines is 1. The number of carbonyl (C=O) groups is 1. The zero-order chi connectivity index (χ0) is 25.4. The maximum atomic E-state index is 12.6. The predicted molar refractivity (Wildman–Crippen MR) is 131 cm³/mol. The highest BCUT2D eigenvalue weighted by Crippen LogP contribution is 2.30. The van der Waals surface area contributed by atoms with Gasteiger partial charge < -0.3 is 15.4 Å². The van der Waals surface area contributed by atoms with Crippen molar-refractivity contribution in [2.45, 2.75) is 19.3 Å². The first-order chi connectivity index (χ1) is 16.7. The molecule has 0 radical (unpaired) electrons. The fourth-order valence-corrected chi connectivity index (χ4v) is 3.40. The van der Waals surface area contributed by atoms with Crippen molar-refractivity contribution >= 4 is 41.9 Å². The van der Waals surface area contributed by atoms with Crippen LogP contribution in [0.25, 0.3) is 11.1 Å². The van der Waals surface area contributed by atoms with Crippen LogP contribution >= 0.6 is 24.2 Å². The minimum Gasteiger partial charge on any atom is -0.404 e. The van der Waals surface area contributed by atoms with Crippen LogP contribution in [0.15, 0.2) is 53.5 Å². The van der Waals surface area contributed by atoms with Crippen LogP contribution in [0.3, 0.4) is 0 Å². The number of hydrogen-bond acceptors (Lipinski definition) is 6. The van der Waals surface area contributed by atoms with E-state index in [-0.39, 0.29) is 17.2 Å². The summed E-state index contributed by atoms with van der Waals surface area (Å²) < 4.78 is 41.5. The van der Waals surface area contributed by atoms with Gasteiger partial charge in [0.2, 0.25) is 5.95 Å². The van der Waals surface area contributed by atoms with Crippen LogP contribution in [0.1, 0.15) is 12.0 Å². The van der Waals surface area contributed by atoms with Crippen LogP contribution in [0.2, 0.25) is 5.02 Å². The number of urea groups is 1. The van der Waals surface area contributed by atoms with E-state index < -0.39 is 23.7 Å². The zero-order valence-corrected chi connectivity index (χ0v) is 19.7. The first kappa shape index (κ1) is 26.4. The third-order valence-electron chi connectivity index (χ3n) is 4.58. The number of carbonyl (C=O) groups excluding carboxylic acids is 1. The number of para-hydroxylation sites is 2. The molecule has 1 heterocycles. The molecule has 8 nitrogen and oxygen atoms in total. The molecule has 0 fully saturated rings. The van der Waals surface area contributed by atoms with E-state index in [0.29, 0.717) is 17.1 Å². The topological polar surface area (TPSA) is 108 Å². The molecule has 186 valence electrons. The Morgan fingerprint density at radius 1 is 1.17 bits per heavy atom. The Morgan fingerprint density at radius 3 is 2.63 bits per heavy atom. The van der Waals surface area contributed by atoms with Crippen molar-refractivity contribution < 1.29 is 22.7 Å². The van der Waals surface area contributed by atoms with Crippen LogP contribution in [0.4, 0.5) is 29.6 Å². The molecule has 1 aromatic heterocycles. The summed E-state index contributed by atoms with van der Waals surface area (Å²) in [6.45, 7) is 1.37. The molecule has 0 saturated heterocycles. The van der Waals surface area contributed by atoms with E-state index in [1.807, 2.05) is 0 Å². The maximum absolute atomic E-state index is 12.6. The van der Waals surface area contributed by atoms with Crippen molar-refractivity contribution in [3.05, 3.63) is 69.6 Å². The highest BCUT2D eigenvalue weighted by atomic mass is 35.5. The Morgan fingerprint density at radius 2 is 1.94 bits per heavy atom. The number of alkyl halides is 3. The number of thiol groups is 1. The summed E-state index contributed by atoms with van der Waals surface area (Å²) in [4.78, 5) is 31.2. The summed E-state index contributed by atoms with van der Waals surface area (Å²) in [5, 5.41) is 8.20. The number of halogens is 4. The minimum absolute atomic E-state index is 0.207. The van der Waals surface area contributed by atoms with E-state index >= 15 is 0 Å². The lowest BCUT2D eigenvalue weighted by Gasteiger charge is -2.14. The Labute approximate surface area is 208 Å². The molecule has 0 atom stereocenters. The Balaban J connectivity index is 1.67. The van der Waals surface area contributed by atoms with E-state index in [1.54, 1.807) is 18.2 Å². The fraction of sp³-hybridized carbons (Fsp3) is 0.227. The molecule has 4 N–H and O–H groups in total. The standard InChI is InChI=1S/C22H21ClF3N5O3S/c23-16-10-13(6-7-14(16)11-27-8-3-9-35)15-12-28-20(30-19(15)32)31-21(33)29-17-4-1-2-5-18(17)34-22(24,25)26/h1-2,4-7,10,12,27,35H,3,8-9,11H2,(H3,28,29,30,31,32,33). The summed E-state index contributed by atoms with van der Waals surface area (Å²) in [5.74, 6) is -0.0207. The number of ether oxygens (including phenoxy) is 1. The first-order valence-corrected chi connectivity index (χ1v) is 11.3. The van der Waals surface area contributed by atoms with Crippen molar-refractivity contribution in [2.75, 3.05) is 22.9 Å². The van der Waals surface area contributed by atoms with Gasteiger partial charge >= 0.3 is 12.4 Å². The normalized spacial score (nSPS) is 11.2. The lowest BCUT2D eigenvalue weighted by Crippen LogP contribution is -2.24. The number of amides is 2. The third kappa shape index (κ3) is 7.91. The van der Waals surface area contributed by atoms with Crippen molar-refractivity contribution in [1.82, 2.24) is 15.3 Å². The zero-order valence-electron chi connectivity index (χ0n) is 18.1. The highest BCUT2D eigenvalue weighted by molar-refractivity contribution is 7.80. The van der Waals surface area contributed by atoms with Crippen molar-refractivity contribution in [2.24, 2.45) is 0 Å². The van der Waals surface area contributed by atoms with Crippen molar-refractivity contribution in [3.63, 3.8) is 0 Å². The third-order valence-corrected chi connectivity index (χ3v) is 5.25. The summed E-state index contributed by atoms with van der Waals surface area (Å²) >= 11 is 10.5. The van der Waals surface area contributed by atoms with Crippen LogP contribution in [-0.2, 0) is 6.54 Å². The Bertz CT molecular complexity index is 1240. The summed E-state index contributed by atoms with van der Waals surface area (Å²) in [7, 11) is 0. The number of benzene rings is 2. The SMILES string of the molecule is O=C(Nc1ncc(-c2ccc(CNCCCS)c(Cl)c2)c(=O)[nH]1)Nc1ccccc1OC(F)(F)F. The molecule has 3 aromatic rings. The second-order valence-electron chi connectivity index (χ2n) is 7.16. The lowest BCUT2D eigenvalue weighted by atomic mass is 10.1. The predicted octanol–water partition coefficient (Wildman–Crippen LogP) is 5.04. The fourth-order valence-electron chi connectivity index (χ4n) is 2.99. The Kier molecular flexibility index (Phi) is 9.01. The number of nitrogens with zero attached hydrogens (tertiary/aromatic N) is 1. The van der Waals surface area contributed by atoms with Gasteiger partial charge in [0.1, 0.15) is 0 Å².